The number of aliphatic hydroxyl groups is 1. The molecule has 0 saturated heterocycles. The number of para-hydroxylation sites is 1. The summed E-state index contributed by atoms with van der Waals surface area (Å²) in [6, 6.07) is 8.39. The number of fused-ring (bicyclic) bond motifs is 1. The van der Waals surface area contributed by atoms with Gasteiger partial charge in [-0.15, -0.1) is 0 Å². The maximum absolute atomic E-state index is 9.95. The van der Waals surface area contributed by atoms with Gasteiger partial charge in [-0.25, -0.2) is 0 Å². The smallest absolute Gasteiger partial charge is 0.0741 e. The van der Waals surface area contributed by atoms with Crippen molar-refractivity contribution in [2.75, 3.05) is 6.54 Å². The number of aryl methyl sites for hydroxylation is 1. The molecule has 0 fully saturated rings. The number of benzene rings is 1. The molecule has 0 saturated carbocycles. The van der Waals surface area contributed by atoms with Gasteiger partial charge in [0, 0.05) is 37.2 Å². The molecule has 0 amide bonds. The normalized spacial score (nSPS) is 14.9. The van der Waals surface area contributed by atoms with Crippen LogP contribution in [-0.2, 0) is 13.6 Å². The van der Waals surface area contributed by atoms with E-state index in [1.807, 2.05) is 13.8 Å². The van der Waals surface area contributed by atoms with Gasteiger partial charge in [-0.3, -0.25) is 0 Å². The molecule has 3 heteroatoms. The van der Waals surface area contributed by atoms with Crippen molar-refractivity contribution in [1.29, 1.82) is 0 Å². The lowest BCUT2D eigenvalue weighted by Crippen LogP contribution is -2.36. The van der Waals surface area contributed by atoms with E-state index in [1.54, 1.807) is 0 Å². The first-order chi connectivity index (χ1) is 8.53. The second-order valence-electron chi connectivity index (χ2n) is 5.24. The highest BCUT2D eigenvalue weighted by Crippen LogP contribution is 2.20. The van der Waals surface area contributed by atoms with Crippen molar-refractivity contribution < 1.29 is 5.11 Å². The molecule has 1 aromatic carbocycles. The third-order valence-electron chi connectivity index (χ3n) is 3.56. The molecule has 0 spiro atoms. The molecule has 0 bridgehead atoms. The van der Waals surface area contributed by atoms with Crippen molar-refractivity contribution in [3.63, 3.8) is 0 Å². The maximum Gasteiger partial charge on any atom is 0.0741 e. The molecule has 0 aliphatic heterocycles. The van der Waals surface area contributed by atoms with Gasteiger partial charge in [-0.1, -0.05) is 25.1 Å². The van der Waals surface area contributed by atoms with Gasteiger partial charge in [-0.2, -0.15) is 0 Å². The summed E-state index contributed by atoms with van der Waals surface area (Å²) < 4.78 is 2.14. The Hall–Kier alpha value is -1.32. The Morgan fingerprint density at radius 2 is 2.06 bits per heavy atom. The molecule has 2 aromatic rings. The minimum Gasteiger partial charge on any atom is -0.389 e. The topological polar surface area (TPSA) is 37.2 Å². The van der Waals surface area contributed by atoms with E-state index >= 15 is 0 Å². The van der Waals surface area contributed by atoms with Gasteiger partial charge in [0.15, 0.2) is 0 Å². The Bertz CT molecular complexity index is 528. The van der Waals surface area contributed by atoms with Crippen molar-refractivity contribution >= 4 is 10.9 Å². The Morgan fingerprint density at radius 3 is 2.78 bits per heavy atom. The number of hydrogen-bond donors (Lipinski definition) is 2. The van der Waals surface area contributed by atoms with Crippen LogP contribution in [0.1, 0.15) is 25.8 Å². The average molecular weight is 246 g/mol. The molecule has 0 aliphatic carbocycles. The van der Waals surface area contributed by atoms with Crippen LogP contribution in [0, 0.1) is 0 Å². The van der Waals surface area contributed by atoms with Crippen molar-refractivity contribution in [2.24, 2.45) is 7.05 Å². The molecular formula is C15H22N2O. The zero-order valence-corrected chi connectivity index (χ0v) is 11.4. The molecule has 18 heavy (non-hydrogen) atoms. The molecular weight excluding hydrogens is 224 g/mol. The third kappa shape index (κ3) is 2.74. The van der Waals surface area contributed by atoms with Crippen LogP contribution < -0.4 is 5.32 Å². The molecule has 98 valence electrons. The van der Waals surface area contributed by atoms with Crippen LogP contribution in [0.5, 0.6) is 0 Å². The fourth-order valence-corrected chi connectivity index (χ4v) is 2.16. The minimum absolute atomic E-state index is 0.618. The SMILES string of the molecule is CCC(C)(O)CNCc1cn(C)c2ccccc12. The standard InChI is InChI=1S/C15H22N2O/c1-4-15(2,18)11-16-9-12-10-17(3)14-8-6-5-7-13(12)14/h5-8,10,16,18H,4,9,11H2,1-3H3. The molecule has 1 aromatic heterocycles. The fraction of sp³-hybridized carbons (Fsp3) is 0.467. The maximum atomic E-state index is 9.95. The number of rotatable bonds is 5. The molecule has 3 nitrogen and oxygen atoms in total. The first-order valence-corrected chi connectivity index (χ1v) is 6.49. The zero-order valence-electron chi connectivity index (χ0n) is 11.4. The minimum atomic E-state index is -0.620. The molecule has 1 heterocycles. The van der Waals surface area contributed by atoms with Crippen LogP contribution >= 0.6 is 0 Å². The van der Waals surface area contributed by atoms with Crippen molar-refractivity contribution in [3.8, 4) is 0 Å². The monoisotopic (exact) mass is 246 g/mol. The van der Waals surface area contributed by atoms with Crippen molar-refractivity contribution in [2.45, 2.75) is 32.4 Å². The van der Waals surface area contributed by atoms with Crippen LogP contribution in [0.4, 0.5) is 0 Å². The molecule has 1 unspecified atom stereocenters. The Balaban J connectivity index is 2.09. The highest BCUT2D eigenvalue weighted by atomic mass is 16.3. The van der Waals surface area contributed by atoms with E-state index in [1.165, 1.54) is 16.5 Å². The van der Waals surface area contributed by atoms with Crippen LogP contribution in [0.3, 0.4) is 0 Å². The Labute approximate surface area is 108 Å². The summed E-state index contributed by atoms with van der Waals surface area (Å²) in [4.78, 5) is 0. The van der Waals surface area contributed by atoms with E-state index in [2.05, 4.69) is 47.4 Å². The summed E-state index contributed by atoms with van der Waals surface area (Å²) in [5.74, 6) is 0. The van der Waals surface area contributed by atoms with E-state index in [0.29, 0.717) is 6.54 Å². The van der Waals surface area contributed by atoms with Gasteiger partial charge < -0.3 is 15.0 Å². The first-order valence-electron chi connectivity index (χ1n) is 6.49. The summed E-state index contributed by atoms with van der Waals surface area (Å²) in [7, 11) is 2.06. The van der Waals surface area contributed by atoms with E-state index < -0.39 is 5.60 Å². The van der Waals surface area contributed by atoms with E-state index in [-0.39, 0.29) is 0 Å². The number of aromatic nitrogens is 1. The summed E-state index contributed by atoms with van der Waals surface area (Å²) >= 11 is 0. The molecule has 0 radical (unpaired) electrons. The number of nitrogens with one attached hydrogen (secondary N) is 1. The first kappa shape index (κ1) is 13.1. The number of nitrogens with zero attached hydrogens (tertiary/aromatic N) is 1. The fourth-order valence-electron chi connectivity index (χ4n) is 2.16. The van der Waals surface area contributed by atoms with Crippen LogP contribution in [-0.4, -0.2) is 21.8 Å². The second-order valence-corrected chi connectivity index (χ2v) is 5.24. The molecule has 1 atom stereocenters. The van der Waals surface area contributed by atoms with Crippen LogP contribution in [0.25, 0.3) is 10.9 Å². The molecule has 0 aliphatic rings. The van der Waals surface area contributed by atoms with Gasteiger partial charge >= 0.3 is 0 Å². The van der Waals surface area contributed by atoms with Gasteiger partial charge in [-0.05, 0) is 25.0 Å². The molecule has 2 rings (SSSR count). The lowest BCUT2D eigenvalue weighted by atomic mass is 10.0. The summed E-state index contributed by atoms with van der Waals surface area (Å²) in [6.45, 7) is 5.27. The van der Waals surface area contributed by atoms with E-state index in [0.717, 1.165) is 13.0 Å². The van der Waals surface area contributed by atoms with Crippen LogP contribution in [0.2, 0.25) is 0 Å². The number of hydrogen-bond acceptors (Lipinski definition) is 2. The predicted octanol–water partition coefficient (Wildman–Crippen LogP) is 2.43. The zero-order chi connectivity index (χ0) is 13.2. The Kier molecular flexibility index (Phi) is 3.73. The molecule has 2 N–H and O–H groups in total. The third-order valence-corrected chi connectivity index (χ3v) is 3.56. The van der Waals surface area contributed by atoms with Gasteiger partial charge in [0.2, 0.25) is 0 Å². The lowest BCUT2D eigenvalue weighted by molar-refractivity contribution is 0.0556. The second kappa shape index (κ2) is 5.12. The quantitative estimate of drug-likeness (QED) is 0.850. The highest BCUT2D eigenvalue weighted by molar-refractivity contribution is 5.83. The predicted molar refractivity (Wildman–Crippen MR) is 75.5 cm³/mol. The summed E-state index contributed by atoms with van der Waals surface area (Å²) in [6.07, 6.45) is 2.91. The van der Waals surface area contributed by atoms with Gasteiger partial charge in [0.1, 0.15) is 0 Å². The Morgan fingerprint density at radius 1 is 1.33 bits per heavy atom. The largest absolute Gasteiger partial charge is 0.389 e. The van der Waals surface area contributed by atoms with Crippen LogP contribution in [0.15, 0.2) is 30.5 Å². The lowest BCUT2D eigenvalue weighted by Gasteiger charge is -2.21. The summed E-state index contributed by atoms with van der Waals surface area (Å²) in [5, 5.41) is 14.6. The van der Waals surface area contributed by atoms with Crippen molar-refractivity contribution in [1.82, 2.24) is 9.88 Å². The highest BCUT2D eigenvalue weighted by Gasteiger charge is 2.16. The van der Waals surface area contributed by atoms with Gasteiger partial charge in [0.05, 0.1) is 5.60 Å². The van der Waals surface area contributed by atoms with E-state index in [9.17, 15) is 5.11 Å². The summed E-state index contributed by atoms with van der Waals surface area (Å²) in [5.41, 5.74) is 1.90. The average Bonchev–Trinajstić information content (AvgIpc) is 2.67. The van der Waals surface area contributed by atoms with Gasteiger partial charge in [0.25, 0.3) is 0 Å². The van der Waals surface area contributed by atoms with Crippen molar-refractivity contribution in [3.05, 3.63) is 36.0 Å². The van der Waals surface area contributed by atoms with E-state index in [4.69, 9.17) is 0 Å².